The van der Waals surface area contributed by atoms with Crippen molar-refractivity contribution < 1.29 is 0 Å². The SMILES string of the molecule is CC[C@@H](C)NC(=S)Nc1ccccc1. The Morgan fingerprint density at radius 1 is 1.36 bits per heavy atom. The molecule has 0 aliphatic heterocycles. The average Bonchev–Trinajstić information content (AvgIpc) is 2.19. The molecule has 0 saturated carbocycles. The number of hydrogen-bond acceptors (Lipinski definition) is 1. The van der Waals surface area contributed by atoms with Crippen LogP contribution >= 0.6 is 12.2 Å². The first kappa shape index (κ1) is 11.0. The highest BCUT2D eigenvalue weighted by Gasteiger charge is 2.00. The van der Waals surface area contributed by atoms with E-state index in [2.05, 4.69) is 24.5 Å². The van der Waals surface area contributed by atoms with Crippen LogP contribution in [0.2, 0.25) is 0 Å². The highest BCUT2D eigenvalue weighted by molar-refractivity contribution is 7.80. The Balaban J connectivity index is 2.42. The molecular weight excluding hydrogens is 192 g/mol. The molecule has 0 aromatic heterocycles. The summed E-state index contributed by atoms with van der Waals surface area (Å²) < 4.78 is 0. The summed E-state index contributed by atoms with van der Waals surface area (Å²) >= 11 is 5.16. The van der Waals surface area contributed by atoms with Gasteiger partial charge in [0.2, 0.25) is 0 Å². The second-order valence-electron chi connectivity index (χ2n) is 3.27. The molecule has 2 N–H and O–H groups in total. The van der Waals surface area contributed by atoms with Crippen molar-refractivity contribution in [2.45, 2.75) is 26.3 Å². The number of nitrogens with one attached hydrogen (secondary N) is 2. The van der Waals surface area contributed by atoms with E-state index < -0.39 is 0 Å². The maximum atomic E-state index is 5.16. The maximum absolute atomic E-state index is 5.16. The molecule has 0 saturated heterocycles. The summed E-state index contributed by atoms with van der Waals surface area (Å²) in [6.07, 6.45) is 1.07. The summed E-state index contributed by atoms with van der Waals surface area (Å²) in [5.74, 6) is 0. The van der Waals surface area contributed by atoms with Gasteiger partial charge in [-0.05, 0) is 37.7 Å². The van der Waals surface area contributed by atoms with E-state index in [1.807, 2.05) is 30.3 Å². The molecule has 0 heterocycles. The van der Waals surface area contributed by atoms with Crippen molar-refractivity contribution >= 4 is 23.0 Å². The Morgan fingerprint density at radius 3 is 2.57 bits per heavy atom. The van der Waals surface area contributed by atoms with Crippen LogP contribution in [-0.4, -0.2) is 11.2 Å². The number of para-hydroxylation sites is 1. The van der Waals surface area contributed by atoms with Crippen molar-refractivity contribution in [3.8, 4) is 0 Å². The molecular formula is C11H16N2S. The lowest BCUT2D eigenvalue weighted by Gasteiger charge is -2.15. The Kier molecular flexibility index (Phi) is 4.40. The number of thiocarbonyl (C=S) groups is 1. The van der Waals surface area contributed by atoms with Crippen LogP contribution in [0.15, 0.2) is 30.3 Å². The predicted molar refractivity (Wildman–Crippen MR) is 65.6 cm³/mol. The highest BCUT2D eigenvalue weighted by atomic mass is 32.1. The quantitative estimate of drug-likeness (QED) is 0.747. The fourth-order valence-electron chi connectivity index (χ4n) is 1.01. The van der Waals surface area contributed by atoms with E-state index in [-0.39, 0.29) is 0 Å². The van der Waals surface area contributed by atoms with E-state index in [1.165, 1.54) is 0 Å². The Bertz CT molecular complexity index is 285. The Labute approximate surface area is 90.7 Å². The predicted octanol–water partition coefficient (Wildman–Crippen LogP) is 2.77. The van der Waals surface area contributed by atoms with Gasteiger partial charge in [-0.3, -0.25) is 0 Å². The van der Waals surface area contributed by atoms with Gasteiger partial charge in [0.05, 0.1) is 0 Å². The van der Waals surface area contributed by atoms with Gasteiger partial charge in [0.15, 0.2) is 5.11 Å². The average molecular weight is 208 g/mol. The third-order valence-electron chi connectivity index (χ3n) is 2.02. The van der Waals surface area contributed by atoms with Crippen molar-refractivity contribution in [3.63, 3.8) is 0 Å². The molecule has 0 amide bonds. The van der Waals surface area contributed by atoms with E-state index in [4.69, 9.17) is 12.2 Å². The van der Waals surface area contributed by atoms with Gasteiger partial charge in [-0.1, -0.05) is 25.1 Å². The lowest BCUT2D eigenvalue weighted by Crippen LogP contribution is -2.35. The molecule has 0 bridgehead atoms. The zero-order valence-corrected chi connectivity index (χ0v) is 9.40. The summed E-state index contributed by atoms with van der Waals surface area (Å²) in [4.78, 5) is 0. The Hall–Kier alpha value is -1.09. The highest BCUT2D eigenvalue weighted by Crippen LogP contribution is 2.04. The molecule has 1 atom stereocenters. The van der Waals surface area contributed by atoms with Crippen molar-refractivity contribution in [3.05, 3.63) is 30.3 Å². The molecule has 2 nitrogen and oxygen atoms in total. The molecule has 0 radical (unpaired) electrons. The first-order valence-electron chi connectivity index (χ1n) is 4.85. The van der Waals surface area contributed by atoms with Crippen molar-refractivity contribution in [2.24, 2.45) is 0 Å². The fourth-order valence-corrected chi connectivity index (χ4v) is 1.33. The molecule has 0 aliphatic carbocycles. The third-order valence-corrected chi connectivity index (χ3v) is 2.24. The van der Waals surface area contributed by atoms with E-state index >= 15 is 0 Å². The molecule has 76 valence electrons. The molecule has 0 fully saturated rings. The third kappa shape index (κ3) is 3.75. The standard InChI is InChI=1S/C11H16N2S/c1-3-9(2)12-11(14)13-10-7-5-4-6-8-10/h4-9H,3H2,1-2H3,(H2,12,13,14)/t9-/m1/s1. The van der Waals surface area contributed by atoms with E-state index in [0.717, 1.165) is 12.1 Å². The zero-order chi connectivity index (χ0) is 10.4. The number of hydrogen-bond donors (Lipinski definition) is 2. The second kappa shape index (κ2) is 5.60. The smallest absolute Gasteiger partial charge is 0.170 e. The molecule has 1 aromatic carbocycles. The second-order valence-corrected chi connectivity index (χ2v) is 3.68. The van der Waals surface area contributed by atoms with Gasteiger partial charge in [-0.15, -0.1) is 0 Å². The minimum absolute atomic E-state index is 0.415. The van der Waals surface area contributed by atoms with Gasteiger partial charge >= 0.3 is 0 Å². The summed E-state index contributed by atoms with van der Waals surface area (Å²) in [6, 6.07) is 10.3. The van der Waals surface area contributed by atoms with Gasteiger partial charge in [0, 0.05) is 11.7 Å². The number of anilines is 1. The number of rotatable bonds is 3. The summed E-state index contributed by atoms with van der Waals surface area (Å²) in [5.41, 5.74) is 1.02. The van der Waals surface area contributed by atoms with E-state index in [1.54, 1.807) is 0 Å². The molecule has 14 heavy (non-hydrogen) atoms. The topological polar surface area (TPSA) is 24.1 Å². The lowest BCUT2D eigenvalue weighted by atomic mass is 10.3. The van der Waals surface area contributed by atoms with Gasteiger partial charge in [-0.25, -0.2) is 0 Å². The summed E-state index contributed by atoms with van der Waals surface area (Å²) in [5, 5.41) is 7.01. The van der Waals surface area contributed by atoms with Crippen LogP contribution in [0.4, 0.5) is 5.69 Å². The molecule has 1 rings (SSSR count). The molecule has 0 spiro atoms. The molecule has 0 aliphatic rings. The van der Waals surface area contributed by atoms with Gasteiger partial charge < -0.3 is 10.6 Å². The summed E-state index contributed by atoms with van der Waals surface area (Å²) in [6.45, 7) is 4.24. The van der Waals surface area contributed by atoms with Gasteiger partial charge in [-0.2, -0.15) is 0 Å². The first-order valence-corrected chi connectivity index (χ1v) is 5.25. The van der Waals surface area contributed by atoms with Crippen LogP contribution in [0, 0.1) is 0 Å². The largest absolute Gasteiger partial charge is 0.360 e. The fraction of sp³-hybridized carbons (Fsp3) is 0.364. The summed E-state index contributed by atoms with van der Waals surface area (Å²) in [7, 11) is 0. The minimum atomic E-state index is 0.415. The molecule has 0 unspecified atom stereocenters. The van der Waals surface area contributed by atoms with Crippen LogP contribution in [0.5, 0.6) is 0 Å². The van der Waals surface area contributed by atoms with Crippen LogP contribution in [-0.2, 0) is 0 Å². The minimum Gasteiger partial charge on any atom is -0.360 e. The maximum Gasteiger partial charge on any atom is 0.170 e. The van der Waals surface area contributed by atoms with Crippen molar-refractivity contribution in [1.82, 2.24) is 5.32 Å². The van der Waals surface area contributed by atoms with Crippen LogP contribution in [0.1, 0.15) is 20.3 Å². The first-order chi connectivity index (χ1) is 6.72. The number of benzene rings is 1. The van der Waals surface area contributed by atoms with Gasteiger partial charge in [0.1, 0.15) is 0 Å². The monoisotopic (exact) mass is 208 g/mol. The molecule has 1 aromatic rings. The normalized spacial score (nSPS) is 11.9. The Morgan fingerprint density at radius 2 is 2.00 bits per heavy atom. The van der Waals surface area contributed by atoms with Crippen LogP contribution in [0.25, 0.3) is 0 Å². The van der Waals surface area contributed by atoms with Crippen LogP contribution < -0.4 is 10.6 Å². The van der Waals surface area contributed by atoms with E-state index in [0.29, 0.717) is 11.2 Å². The van der Waals surface area contributed by atoms with Crippen molar-refractivity contribution in [1.29, 1.82) is 0 Å². The van der Waals surface area contributed by atoms with Crippen molar-refractivity contribution in [2.75, 3.05) is 5.32 Å². The molecule has 3 heteroatoms. The van der Waals surface area contributed by atoms with Crippen LogP contribution in [0.3, 0.4) is 0 Å². The van der Waals surface area contributed by atoms with E-state index in [9.17, 15) is 0 Å². The van der Waals surface area contributed by atoms with Gasteiger partial charge in [0.25, 0.3) is 0 Å². The zero-order valence-electron chi connectivity index (χ0n) is 8.58. The lowest BCUT2D eigenvalue weighted by molar-refractivity contribution is 0.646.